The largest absolute Gasteiger partial charge is 0.506 e. The first-order valence-corrected chi connectivity index (χ1v) is 4.12. The number of carbonyl (C=O) groups is 1. The van der Waals surface area contributed by atoms with Gasteiger partial charge < -0.3 is 9.84 Å². The molecule has 13 heavy (non-hydrogen) atoms. The fraction of sp³-hybridized carbons (Fsp3) is 0.125. The third-order valence-corrected chi connectivity index (χ3v) is 2.04. The van der Waals surface area contributed by atoms with Gasteiger partial charge in [-0.3, -0.25) is 0 Å². The van der Waals surface area contributed by atoms with E-state index in [1.807, 2.05) is 0 Å². The Labute approximate surface area is 82.3 Å². The quantitative estimate of drug-likeness (QED) is 0.775. The fourth-order valence-electron chi connectivity index (χ4n) is 0.832. The van der Waals surface area contributed by atoms with Gasteiger partial charge in [-0.15, -0.1) is 0 Å². The number of methoxy groups -OCH3 is 1. The Kier molecular flexibility index (Phi) is 2.87. The predicted molar refractivity (Wildman–Crippen MR) is 47.1 cm³/mol. The number of hydrogen-bond acceptors (Lipinski definition) is 3. The van der Waals surface area contributed by atoms with Crippen molar-refractivity contribution < 1.29 is 19.0 Å². The average molecular weight is 249 g/mol. The van der Waals surface area contributed by atoms with Crippen LogP contribution in [0.4, 0.5) is 4.39 Å². The van der Waals surface area contributed by atoms with Gasteiger partial charge in [-0.05, 0) is 28.1 Å². The molecule has 0 fully saturated rings. The van der Waals surface area contributed by atoms with E-state index in [0.29, 0.717) is 0 Å². The summed E-state index contributed by atoms with van der Waals surface area (Å²) in [6, 6.07) is 1.97. The molecule has 70 valence electrons. The summed E-state index contributed by atoms with van der Waals surface area (Å²) in [7, 11) is 1.15. The van der Waals surface area contributed by atoms with Crippen LogP contribution < -0.4 is 0 Å². The topological polar surface area (TPSA) is 46.5 Å². The number of benzene rings is 1. The van der Waals surface area contributed by atoms with E-state index < -0.39 is 11.8 Å². The number of carbonyl (C=O) groups excluding carboxylic acids is 1. The molecule has 3 nitrogen and oxygen atoms in total. The summed E-state index contributed by atoms with van der Waals surface area (Å²) in [5, 5.41) is 9.31. The Hall–Kier alpha value is -1.10. The van der Waals surface area contributed by atoms with Crippen molar-refractivity contribution in [3.8, 4) is 5.75 Å². The molecule has 0 aromatic heterocycles. The lowest BCUT2D eigenvalue weighted by molar-refractivity contribution is 0.0596. The molecule has 0 saturated carbocycles. The summed E-state index contributed by atoms with van der Waals surface area (Å²) in [5.41, 5.74) is -0.200. The Morgan fingerprint density at radius 3 is 2.77 bits per heavy atom. The molecule has 5 heteroatoms. The lowest BCUT2D eigenvalue weighted by Crippen LogP contribution is -2.02. The molecule has 0 aliphatic carbocycles. The van der Waals surface area contributed by atoms with E-state index in [4.69, 9.17) is 0 Å². The number of aromatic hydroxyl groups is 1. The van der Waals surface area contributed by atoms with Crippen molar-refractivity contribution in [2.75, 3.05) is 7.11 Å². The first-order valence-electron chi connectivity index (χ1n) is 3.32. The van der Waals surface area contributed by atoms with Gasteiger partial charge >= 0.3 is 5.97 Å². The lowest BCUT2D eigenvalue weighted by Gasteiger charge is -2.03. The number of halogens is 2. The predicted octanol–water partition coefficient (Wildman–Crippen LogP) is 2.08. The van der Waals surface area contributed by atoms with Gasteiger partial charge in [-0.1, -0.05) is 0 Å². The van der Waals surface area contributed by atoms with Gasteiger partial charge in [0.15, 0.2) is 0 Å². The zero-order valence-corrected chi connectivity index (χ0v) is 8.26. The second kappa shape index (κ2) is 3.74. The van der Waals surface area contributed by atoms with Crippen molar-refractivity contribution in [1.82, 2.24) is 0 Å². The molecule has 0 bridgehead atoms. The van der Waals surface area contributed by atoms with Gasteiger partial charge in [-0.2, -0.15) is 0 Å². The van der Waals surface area contributed by atoms with Crippen LogP contribution in [0, 0.1) is 5.82 Å². The second-order valence-corrected chi connectivity index (χ2v) is 3.13. The van der Waals surface area contributed by atoms with Crippen molar-refractivity contribution in [2.24, 2.45) is 0 Å². The van der Waals surface area contributed by atoms with Crippen LogP contribution in [0.15, 0.2) is 16.6 Å². The van der Waals surface area contributed by atoms with Crippen LogP contribution >= 0.6 is 15.9 Å². The van der Waals surface area contributed by atoms with Gasteiger partial charge in [0.1, 0.15) is 17.1 Å². The first-order chi connectivity index (χ1) is 6.06. The summed E-state index contributed by atoms with van der Waals surface area (Å²) in [4.78, 5) is 11.0. The summed E-state index contributed by atoms with van der Waals surface area (Å²) >= 11 is 2.90. The Bertz CT molecular complexity index is 351. The van der Waals surface area contributed by atoms with Crippen LogP contribution in [-0.2, 0) is 4.74 Å². The van der Waals surface area contributed by atoms with Crippen LogP contribution in [0.3, 0.4) is 0 Å². The molecule has 0 aliphatic rings. The molecule has 0 radical (unpaired) electrons. The summed E-state index contributed by atoms with van der Waals surface area (Å²) in [6.45, 7) is 0. The highest BCUT2D eigenvalue weighted by Crippen LogP contribution is 2.29. The maximum absolute atomic E-state index is 12.8. The maximum Gasteiger partial charge on any atom is 0.341 e. The standard InChI is InChI=1S/C8H6BrFO3/c1-13-8(12)5-2-4(10)3-6(9)7(5)11/h2-3,11H,1H3. The SMILES string of the molecule is COC(=O)c1cc(F)cc(Br)c1O. The molecule has 1 aromatic rings. The Morgan fingerprint density at radius 1 is 1.62 bits per heavy atom. The first kappa shape index (κ1) is 9.98. The smallest absolute Gasteiger partial charge is 0.341 e. The number of phenolic OH excluding ortho intramolecular Hbond substituents is 1. The average Bonchev–Trinajstić information content (AvgIpc) is 2.10. The normalized spacial score (nSPS) is 9.77. The number of phenols is 1. The van der Waals surface area contributed by atoms with Gasteiger partial charge in [-0.25, -0.2) is 9.18 Å². The zero-order chi connectivity index (χ0) is 10.0. The number of rotatable bonds is 1. The Morgan fingerprint density at radius 2 is 2.23 bits per heavy atom. The van der Waals surface area contributed by atoms with Crippen molar-refractivity contribution in [2.45, 2.75) is 0 Å². The summed E-state index contributed by atoms with van der Waals surface area (Å²) in [6.07, 6.45) is 0. The number of ether oxygens (including phenoxy) is 1. The van der Waals surface area contributed by atoms with Crippen LogP contribution in [-0.4, -0.2) is 18.2 Å². The summed E-state index contributed by atoms with van der Waals surface area (Å²) in [5.74, 6) is -1.73. The van der Waals surface area contributed by atoms with E-state index >= 15 is 0 Å². The van der Waals surface area contributed by atoms with Crippen LogP contribution in [0.5, 0.6) is 5.75 Å². The molecule has 0 unspecified atom stereocenters. The molecule has 1 rings (SSSR count). The van der Waals surface area contributed by atoms with Crippen LogP contribution in [0.2, 0.25) is 0 Å². The van der Waals surface area contributed by atoms with Crippen LogP contribution in [0.1, 0.15) is 10.4 Å². The molecule has 0 spiro atoms. The van der Waals surface area contributed by atoms with Gasteiger partial charge in [0.2, 0.25) is 0 Å². The lowest BCUT2D eigenvalue weighted by atomic mass is 10.2. The third kappa shape index (κ3) is 1.98. The van der Waals surface area contributed by atoms with E-state index in [9.17, 15) is 14.3 Å². The van der Waals surface area contributed by atoms with Crippen molar-refractivity contribution in [3.63, 3.8) is 0 Å². The maximum atomic E-state index is 12.8. The molecular formula is C8H6BrFO3. The van der Waals surface area contributed by atoms with Gasteiger partial charge in [0.25, 0.3) is 0 Å². The van der Waals surface area contributed by atoms with E-state index in [1.54, 1.807) is 0 Å². The fourth-order valence-corrected chi connectivity index (χ4v) is 1.26. The minimum Gasteiger partial charge on any atom is -0.506 e. The van der Waals surface area contributed by atoms with Crippen molar-refractivity contribution >= 4 is 21.9 Å². The van der Waals surface area contributed by atoms with E-state index in [-0.39, 0.29) is 15.8 Å². The highest BCUT2D eigenvalue weighted by molar-refractivity contribution is 9.10. The molecule has 0 atom stereocenters. The van der Waals surface area contributed by atoms with Gasteiger partial charge in [0, 0.05) is 0 Å². The van der Waals surface area contributed by atoms with E-state index in [0.717, 1.165) is 19.2 Å². The van der Waals surface area contributed by atoms with Crippen molar-refractivity contribution in [3.05, 3.63) is 28.0 Å². The zero-order valence-electron chi connectivity index (χ0n) is 6.67. The number of hydrogen-bond donors (Lipinski definition) is 1. The minimum absolute atomic E-state index is 0.118. The molecule has 1 N–H and O–H groups in total. The molecule has 1 aromatic carbocycles. The summed E-state index contributed by atoms with van der Waals surface area (Å²) < 4.78 is 17.2. The second-order valence-electron chi connectivity index (χ2n) is 2.28. The molecule has 0 amide bonds. The van der Waals surface area contributed by atoms with E-state index in [2.05, 4.69) is 20.7 Å². The highest BCUT2D eigenvalue weighted by Gasteiger charge is 2.15. The van der Waals surface area contributed by atoms with E-state index in [1.165, 1.54) is 0 Å². The van der Waals surface area contributed by atoms with Gasteiger partial charge in [0.05, 0.1) is 11.6 Å². The minimum atomic E-state index is -0.780. The molecule has 0 heterocycles. The Balaban J connectivity index is 3.28. The highest BCUT2D eigenvalue weighted by atomic mass is 79.9. The number of esters is 1. The molecular weight excluding hydrogens is 243 g/mol. The monoisotopic (exact) mass is 248 g/mol. The van der Waals surface area contributed by atoms with Crippen molar-refractivity contribution in [1.29, 1.82) is 0 Å². The molecule has 0 aliphatic heterocycles. The third-order valence-electron chi connectivity index (χ3n) is 1.43. The molecule has 0 saturated heterocycles. The van der Waals surface area contributed by atoms with Crippen LogP contribution in [0.25, 0.3) is 0 Å².